The highest BCUT2D eigenvalue weighted by Crippen LogP contribution is 2.08. The van der Waals surface area contributed by atoms with Gasteiger partial charge in [-0.15, -0.1) is 0 Å². The van der Waals surface area contributed by atoms with E-state index in [2.05, 4.69) is 16.0 Å². The van der Waals surface area contributed by atoms with Crippen molar-refractivity contribution >= 4 is 35.5 Å². The Bertz CT molecular complexity index is 602. The van der Waals surface area contributed by atoms with Crippen molar-refractivity contribution in [3.63, 3.8) is 0 Å². The molecule has 180 valence electrons. The van der Waals surface area contributed by atoms with Crippen LogP contribution in [0.2, 0.25) is 0 Å². The van der Waals surface area contributed by atoms with Gasteiger partial charge in [0, 0.05) is 0 Å². The summed E-state index contributed by atoms with van der Waals surface area (Å²) in [6, 6.07) is -4.20. The Morgan fingerprint density at radius 1 is 0.839 bits per heavy atom. The average Bonchev–Trinajstić information content (AvgIpc) is 2.66. The fourth-order valence-corrected chi connectivity index (χ4v) is 3.30. The van der Waals surface area contributed by atoms with Crippen LogP contribution in [0.4, 0.5) is 0 Å². The Morgan fingerprint density at radius 2 is 1.32 bits per heavy atom. The monoisotopic (exact) mass is 462 g/mol. The van der Waals surface area contributed by atoms with Crippen molar-refractivity contribution in [3.8, 4) is 0 Å². The number of thioether (sulfide) groups is 1. The third-order valence-electron chi connectivity index (χ3n) is 4.44. The van der Waals surface area contributed by atoms with Gasteiger partial charge in [-0.1, -0.05) is 27.7 Å². The van der Waals surface area contributed by atoms with Gasteiger partial charge in [0.1, 0.15) is 18.1 Å². The van der Waals surface area contributed by atoms with Crippen LogP contribution in [0.1, 0.15) is 47.0 Å². The molecule has 0 saturated carbocycles. The average molecular weight is 463 g/mol. The highest BCUT2D eigenvalue weighted by atomic mass is 32.2. The summed E-state index contributed by atoms with van der Waals surface area (Å²) in [5.41, 5.74) is 5.81. The molecule has 0 aliphatic heterocycles. The lowest BCUT2D eigenvalue weighted by Crippen LogP contribution is -2.58. The van der Waals surface area contributed by atoms with Crippen LogP contribution in [0, 0.1) is 11.8 Å². The van der Waals surface area contributed by atoms with Crippen LogP contribution in [0.5, 0.6) is 0 Å². The van der Waals surface area contributed by atoms with E-state index in [9.17, 15) is 29.4 Å². The highest BCUT2D eigenvalue weighted by molar-refractivity contribution is 7.98. The maximum atomic E-state index is 12.7. The number of carbonyl (C=O) groups is 4. The summed E-state index contributed by atoms with van der Waals surface area (Å²) < 4.78 is 0. The molecule has 3 amide bonds. The summed E-state index contributed by atoms with van der Waals surface area (Å²) in [7, 11) is 0. The van der Waals surface area contributed by atoms with Gasteiger partial charge in [0.05, 0.1) is 12.6 Å². The lowest BCUT2D eigenvalue weighted by Gasteiger charge is -2.25. The van der Waals surface area contributed by atoms with E-state index in [1.165, 1.54) is 11.8 Å². The number of carbonyl (C=O) groups excluding carboxylic acids is 3. The Hall–Kier alpha value is -1.85. The van der Waals surface area contributed by atoms with Gasteiger partial charge in [0.2, 0.25) is 17.7 Å². The zero-order valence-electron chi connectivity index (χ0n) is 19.0. The molecular weight excluding hydrogens is 424 g/mol. The van der Waals surface area contributed by atoms with E-state index < -0.39 is 54.5 Å². The molecule has 4 atom stereocenters. The Morgan fingerprint density at radius 3 is 1.77 bits per heavy atom. The summed E-state index contributed by atoms with van der Waals surface area (Å²) in [5, 5.41) is 26.3. The number of nitrogens with two attached hydrogens (primary N) is 1. The van der Waals surface area contributed by atoms with Crippen molar-refractivity contribution in [1.29, 1.82) is 0 Å². The summed E-state index contributed by atoms with van der Waals surface area (Å²) in [5.74, 6) is -2.36. The summed E-state index contributed by atoms with van der Waals surface area (Å²) in [6.07, 6.45) is 2.74. The van der Waals surface area contributed by atoms with E-state index in [-0.39, 0.29) is 24.7 Å². The molecule has 10 nitrogen and oxygen atoms in total. The molecule has 0 spiro atoms. The van der Waals surface area contributed by atoms with Crippen molar-refractivity contribution in [1.82, 2.24) is 16.0 Å². The first kappa shape index (κ1) is 29.1. The molecule has 0 aromatic carbocycles. The van der Waals surface area contributed by atoms with Gasteiger partial charge in [0.25, 0.3) is 0 Å². The molecule has 11 heteroatoms. The third-order valence-corrected chi connectivity index (χ3v) is 5.09. The highest BCUT2D eigenvalue weighted by Gasteiger charge is 2.30. The van der Waals surface area contributed by atoms with E-state index in [1.807, 2.05) is 34.0 Å². The number of nitrogens with one attached hydrogen (secondary N) is 3. The predicted octanol–water partition coefficient (Wildman–Crippen LogP) is -0.310. The van der Waals surface area contributed by atoms with Crippen molar-refractivity contribution in [3.05, 3.63) is 0 Å². The number of amides is 3. The first-order chi connectivity index (χ1) is 14.4. The van der Waals surface area contributed by atoms with E-state index in [4.69, 9.17) is 5.73 Å². The molecule has 0 radical (unpaired) electrons. The largest absolute Gasteiger partial charge is 0.480 e. The minimum atomic E-state index is -1.28. The summed E-state index contributed by atoms with van der Waals surface area (Å²) in [6.45, 7) is 6.84. The predicted molar refractivity (Wildman–Crippen MR) is 120 cm³/mol. The second-order valence-electron chi connectivity index (χ2n) is 8.35. The lowest BCUT2D eigenvalue weighted by molar-refractivity contribution is -0.142. The van der Waals surface area contributed by atoms with Gasteiger partial charge in [-0.2, -0.15) is 11.8 Å². The fraction of sp³-hybridized carbons (Fsp3) is 0.800. The minimum Gasteiger partial charge on any atom is -0.480 e. The summed E-state index contributed by atoms with van der Waals surface area (Å²) >= 11 is 1.46. The number of aliphatic hydroxyl groups is 1. The molecule has 7 N–H and O–H groups in total. The van der Waals surface area contributed by atoms with E-state index in [0.717, 1.165) is 0 Å². The number of carboxylic acids is 1. The topological polar surface area (TPSA) is 171 Å². The molecule has 0 rings (SSSR count). The minimum absolute atomic E-state index is 0.0205. The molecule has 0 fully saturated rings. The van der Waals surface area contributed by atoms with Crippen LogP contribution in [-0.4, -0.2) is 76.7 Å². The van der Waals surface area contributed by atoms with Gasteiger partial charge in [-0.3, -0.25) is 14.4 Å². The molecule has 0 aliphatic carbocycles. The number of rotatable bonds is 15. The number of aliphatic hydroxyl groups excluding tert-OH is 1. The smallest absolute Gasteiger partial charge is 0.326 e. The molecule has 0 bridgehead atoms. The zero-order valence-corrected chi connectivity index (χ0v) is 19.8. The van der Waals surface area contributed by atoms with Crippen LogP contribution >= 0.6 is 11.8 Å². The molecule has 0 aliphatic rings. The van der Waals surface area contributed by atoms with Gasteiger partial charge in [0.15, 0.2) is 0 Å². The van der Waals surface area contributed by atoms with Gasteiger partial charge >= 0.3 is 5.97 Å². The van der Waals surface area contributed by atoms with Crippen LogP contribution in [0.25, 0.3) is 0 Å². The van der Waals surface area contributed by atoms with Crippen LogP contribution in [0.15, 0.2) is 0 Å². The standard InChI is InChI=1S/C20H38N4O6S/c1-11(2)8-13(21)17(26)24-16(10-25)19(28)23-15(9-12(3)4)18(27)22-14(20(29)30)6-7-31-5/h11-16,25H,6-10,21H2,1-5H3,(H,22,27)(H,23,28)(H,24,26)(H,29,30). The second kappa shape index (κ2) is 15.0. The number of aliphatic carboxylic acids is 1. The lowest BCUT2D eigenvalue weighted by atomic mass is 10.0. The van der Waals surface area contributed by atoms with Gasteiger partial charge < -0.3 is 31.9 Å². The molecule has 0 aromatic rings. The van der Waals surface area contributed by atoms with Crippen molar-refractivity contribution in [2.24, 2.45) is 17.6 Å². The van der Waals surface area contributed by atoms with Gasteiger partial charge in [-0.25, -0.2) is 4.79 Å². The quantitative estimate of drug-likeness (QED) is 0.192. The van der Waals surface area contributed by atoms with Gasteiger partial charge in [-0.05, 0) is 43.1 Å². The van der Waals surface area contributed by atoms with Crippen LogP contribution < -0.4 is 21.7 Å². The first-order valence-electron chi connectivity index (χ1n) is 10.4. The number of carboxylic acid groups (broad SMARTS) is 1. The zero-order chi connectivity index (χ0) is 24.1. The normalized spacial score (nSPS) is 15.1. The van der Waals surface area contributed by atoms with Crippen LogP contribution in [0.3, 0.4) is 0 Å². The molecule has 0 saturated heterocycles. The second-order valence-corrected chi connectivity index (χ2v) is 9.34. The van der Waals surface area contributed by atoms with Crippen molar-refractivity contribution < 1.29 is 29.4 Å². The number of hydrogen-bond acceptors (Lipinski definition) is 7. The first-order valence-corrected chi connectivity index (χ1v) is 11.8. The molecule has 31 heavy (non-hydrogen) atoms. The van der Waals surface area contributed by atoms with Crippen molar-refractivity contribution in [2.45, 2.75) is 71.1 Å². The SMILES string of the molecule is CSCCC(NC(=O)C(CC(C)C)NC(=O)C(CO)NC(=O)C(N)CC(C)C)C(=O)O. The molecular formula is C20H38N4O6S. The molecule has 4 unspecified atom stereocenters. The Kier molecular flexibility index (Phi) is 14.1. The molecule has 0 heterocycles. The Balaban J connectivity index is 5.21. The maximum absolute atomic E-state index is 12.7. The fourth-order valence-electron chi connectivity index (χ4n) is 2.83. The maximum Gasteiger partial charge on any atom is 0.326 e. The summed E-state index contributed by atoms with van der Waals surface area (Å²) in [4.78, 5) is 48.9. The van der Waals surface area contributed by atoms with E-state index in [0.29, 0.717) is 12.2 Å². The van der Waals surface area contributed by atoms with Crippen LogP contribution in [-0.2, 0) is 19.2 Å². The number of hydrogen-bond donors (Lipinski definition) is 6. The Labute approximate surface area is 188 Å². The van der Waals surface area contributed by atoms with E-state index >= 15 is 0 Å². The van der Waals surface area contributed by atoms with Crippen molar-refractivity contribution in [2.75, 3.05) is 18.6 Å². The third kappa shape index (κ3) is 11.9. The molecule has 0 aromatic heterocycles. The van der Waals surface area contributed by atoms with E-state index in [1.54, 1.807) is 0 Å².